The fourth-order valence-electron chi connectivity index (χ4n) is 6.82. The molecule has 4 aromatic carbocycles. The Morgan fingerprint density at radius 3 is 2.11 bits per heavy atom. The Hall–Kier alpha value is -5.06. The van der Waals surface area contributed by atoms with E-state index in [2.05, 4.69) is 10.2 Å². The number of benzene rings is 4. The van der Waals surface area contributed by atoms with Crippen LogP contribution in [0.4, 0.5) is 0 Å². The summed E-state index contributed by atoms with van der Waals surface area (Å²) in [6.45, 7) is 4.85. The molecule has 5 aromatic rings. The zero-order valence-electron chi connectivity index (χ0n) is 26.0. The molecule has 3 heterocycles. The highest BCUT2D eigenvalue weighted by Crippen LogP contribution is 2.38. The second-order valence-corrected chi connectivity index (χ2v) is 11.9. The number of furan rings is 1. The first-order valence-electron chi connectivity index (χ1n) is 15.4. The lowest BCUT2D eigenvalue weighted by molar-refractivity contribution is 0.0589. The maximum absolute atomic E-state index is 13.5. The summed E-state index contributed by atoms with van der Waals surface area (Å²) >= 11 is 0. The smallest absolute Gasteiger partial charge is 0.261 e. The molecule has 234 valence electrons. The first-order chi connectivity index (χ1) is 22.3. The largest absolute Gasteiger partial charge is 0.496 e. The predicted octanol–water partition coefficient (Wildman–Crippen LogP) is 4.86. The summed E-state index contributed by atoms with van der Waals surface area (Å²) in [6, 6.07) is 16.4. The molecular formula is C36H34N4O6. The maximum Gasteiger partial charge on any atom is 0.261 e. The molecule has 0 saturated heterocycles. The topological polar surface area (TPSA) is 112 Å². The molecule has 0 radical (unpaired) electrons. The Bertz CT molecular complexity index is 2080. The second-order valence-electron chi connectivity index (χ2n) is 11.9. The lowest BCUT2D eigenvalue weighted by Gasteiger charge is -2.29. The fraction of sp³-hybridized carbons (Fsp3) is 0.278. The Labute approximate surface area is 265 Å². The van der Waals surface area contributed by atoms with Gasteiger partial charge in [0.2, 0.25) is 0 Å². The van der Waals surface area contributed by atoms with E-state index in [1.54, 1.807) is 31.6 Å². The van der Waals surface area contributed by atoms with E-state index in [4.69, 9.17) is 9.15 Å². The number of nitrogens with zero attached hydrogens (tertiary/aromatic N) is 3. The molecule has 46 heavy (non-hydrogen) atoms. The van der Waals surface area contributed by atoms with Crippen molar-refractivity contribution in [2.75, 3.05) is 53.4 Å². The van der Waals surface area contributed by atoms with Crippen LogP contribution < -0.4 is 10.1 Å². The third-order valence-electron chi connectivity index (χ3n) is 9.09. The normalized spacial score (nSPS) is 14.5. The van der Waals surface area contributed by atoms with Gasteiger partial charge < -0.3 is 19.4 Å². The SMILES string of the molecule is COc1c(C)cc2c3c(cccc13)C(=O)N(CCNCCCN(C)CCN1C(=O)c3cccc4c3c(cc3ccoc34)C1=O)C2=O. The molecule has 0 saturated carbocycles. The summed E-state index contributed by atoms with van der Waals surface area (Å²) in [5, 5.41) is 7.02. The van der Waals surface area contributed by atoms with Gasteiger partial charge in [-0.2, -0.15) is 0 Å². The van der Waals surface area contributed by atoms with Crippen molar-refractivity contribution in [3.05, 3.63) is 88.7 Å². The number of hydrogen-bond acceptors (Lipinski definition) is 8. The Kier molecular flexibility index (Phi) is 7.54. The van der Waals surface area contributed by atoms with E-state index in [9.17, 15) is 19.2 Å². The van der Waals surface area contributed by atoms with Gasteiger partial charge in [0.25, 0.3) is 23.6 Å². The van der Waals surface area contributed by atoms with Crippen molar-refractivity contribution in [3.8, 4) is 5.75 Å². The van der Waals surface area contributed by atoms with E-state index in [1.165, 1.54) is 9.80 Å². The number of ether oxygens (including phenoxy) is 1. The van der Waals surface area contributed by atoms with Crippen molar-refractivity contribution in [3.63, 3.8) is 0 Å². The standard InChI is InChI=1S/C36H34N4O6/c1-21-19-27-29-23(31(21)45-3)7-4-9-25(29)33(41)39(35(27)43)15-13-37-12-6-14-38(2)16-17-40-34(42)26-10-5-8-24-30(26)28(36(40)44)20-22-11-18-46-32(22)24/h4-5,7-11,18-20,37H,6,12-17H2,1-3H3. The van der Waals surface area contributed by atoms with Crippen molar-refractivity contribution in [1.82, 2.24) is 20.0 Å². The summed E-state index contributed by atoms with van der Waals surface area (Å²) < 4.78 is 11.2. The first-order valence-corrected chi connectivity index (χ1v) is 15.4. The number of carbonyl (C=O) groups is 4. The van der Waals surface area contributed by atoms with Gasteiger partial charge in [-0.3, -0.25) is 29.0 Å². The Balaban J connectivity index is 0.910. The highest BCUT2D eigenvalue weighted by Gasteiger charge is 2.35. The van der Waals surface area contributed by atoms with Gasteiger partial charge in [0.1, 0.15) is 11.3 Å². The van der Waals surface area contributed by atoms with Gasteiger partial charge >= 0.3 is 0 Å². The molecule has 2 aliphatic heterocycles. The summed E-state index contributed by atoms with van der Waals surface area (Å²) in [7, 11) is 3.55. The van der Waals surface area contributed by atoms with Gasteiger partial charge in [-0.1, -0.05) is 24.3 Å². The minimum Gasteiger partial charge on any atom is -0.496 e. The van der Waals surface area contributed by atoms with E-state index in [0.29, 0.717) is 64.0 Å². The molecule has 0 spiro atoms. The van der Waals surface area contributed by atoms with Crippen LogP contribution in [0, 0.1) is 6.92 Å². The molecule has 1 aromatic heterocycles. The van der Waals surface area contributed by atoms with E-state index >= 15 is 0 Å². The zero-order valence-corrected chi connectivity index (χ0v) is 26.0. The fourth-order valence-corrected chi connectivity index (χ4v) is 6.82. The molecular weight excluding hydrogens is 584 g/mol. The first kappa shape index (κ1) is 29.6. The molecule has 0 bridgehead atoms. The number of carbonyl (C=O) groups excluding carboxylic acids is 4. The van der Waals surface area contributed by atoms with Crippen LogP contribution in [-0.2, 0) is 0 Å². The predicted molar refractivity (Wildman–Crippen MR) is 175 cm³/mol. The van der Waals surface area contributed by atoms with Crippen LogP contribution in [0.3, 0.4) is 0 Å². The van der Waals surface area contributed by atoms with Crippen molar-refractivity contribution < 1.29 is 28.3 Å². The van der Waals surface area contributed by atoms with Crippen molar-refractivity contribution in [2.45, 2.75) is 13.3 Å². The molecule has 7 rings (SSSR count). The number of aryl methyl sites for hydroxylation is 1. The third kappa shape index (κ3) is 4.72. The summed E-state index contributed by atoms with van der Waals surface area (Å²) in [4.78, 5) is 58.2. The number of fused-ring (bicyclic) bond motifs is 2. The number of amides is 4. The molecule has 10 heteroatoms. The number of hydrogen-bond donors (Lipinski definition) is 1. The lowest BCUT2D eigenvalue weighted by atomic mass is 9.91. The van der Waals surface area contributed by atoms with Crippen LogP contribution in [0.15, 0.2) is 65.3 Å². The van der Waals surface area contributed by atoms with E-state index in [1.807, 2.05) is 50.4 Å². The average Bonchev–Trinajstić information content (AvgIpc) is 3.54. The third-order valence-corrected chi connectivity index (χ3v) is 9.09. The van der Waals surface area contributed by atoms with Gasteiger partial charge in [0, 0.05) is 75.4 Å². The molecule has 0 atom stereocenters. The molecule has 10 nitrogen and oxygen atoms in total. The Morgan fingerprint density at radius 1 is 0.761 bits per heavy atom. The van der Waals surface area contributed by atoms with Gasteiger partial charge in [-0.25, -0.2) is 0 Å². The molecule has 0 aliphatic carbocycles. The Morgan fingerprint density at radius 2 is 1.39 bits per heavy atom. The number of likely N-dealkylation sites (N-methyl/N-ethyl adjacent to an activating group) is 1. The average molecular weight is 619 g/mol. The number of nitrogens with one attached hydrogen (secondary N) is 1. The molecule has 0 unspecified atom stereocenters. The van der Waals surface area contributed by atoms with E-state index < -0.39 is 0 Å². The van der Waals surface area contributed by atoms with Crippen LogP contribution in [0.1, 0.15) is 53.4 Å². The summed E-state index contributed by atoms with van der Waals surface area (Å²) in [5.41, 5.74) is 3.58. The van der Waals surface area contributed by atoms with Crippen LogP contribution in [0.5, 0.6) is 5.75 Å². The number of imide groups is 2. The van der Waals surface area contributed by atoms with Gasteiger partial charge in [0.15, 0.2) is 0 Å². The lowest BCUT2D eigenvalue weighted by Crippen LogP contribution is -2.44. The monoisotopic (exact) mass is 618 g/mol. The van der Waals surface area contributed by atoms with Crippen molar-refractivity contribution in [2.24, 2.45) is 0 Å². The summed E-state index contributed by atoms with van der Waals surface area (Å²) in [6.07, 6.45) is 2.40. The zero-order chi connectivity index (χ0) is 32.1. The molecule has 0 fully saturated rings. The van der Waals surface area contributed by atoms with Crippen LogP contribution in [0.25, 0.3) is 32.5 Å². The van der Waals surface area contributed by atoms with Crippen molar-refractivity contribution in [1.29, 1.82) is 0 Å². The molecule has 4 amide bonds. The second kappa shape index (κ2) is 11.7. The van der Waals surface area contributed by atoms with Crippen LogP contribution in [-0.4, -0.2) is 91.8 Å². The minimum absolute atomic E-state index is 0.257. The van der Waals surface area contributed by atoms with E-state index in [0.717, 1.165) is 34.7 Å². The highest BCUT2D eigenvalue weighted by atomic mass is 16.5. The number of rotatable bonds is 11. The van der Waals surface area contributed by atoms with Crippen LogP contribution in [0.2, 0.25) is 0 Å². The van der Waals surface area contributed by atoms with Gasteiger partial charge in [-0.05, 0) is 69.4 Å². The summed E-state index contributed by atoms with van der Waals surface area (Å²) in [5.74, 6) is -0.503. The number of methoxy groups -OCH3 is 1. The minimum atomic E-state index is -0.301. The molecule has 2 aliphatic rings. The molecule has 1 N–H and O–H groups in total. The van der Waals surface area contributed by atoms with Gasteiger partial charge in [-0.15, -0.1) is 0 Å². The van der Waals surface area contributed by atoms with E-state index in [-0.39, 0.29) is 36.7 Å². The van der Waals surface area contributed by atoms with Gasteiger partial charge in [0.05, 0.1) is 13.4 Å². The van der Waals surface area contributed by atoms with Crippen LogP contribution >= 0.6 is 0 Å². The maximum atomic E-state index is 13.5. The highest BCUT2D eigenvalue weighted by molar-refractivity contribution is 6.29. The van der Waals surface area contributed by atoms with Crippen molar-refractivity contribution >= 4 is 56.1 Å². The quantitative estimate of drug-likeness (QED) is 0.165.